The average Bonchev–Trinajstić information content (AvgIpc) is 2.39. The first-order valence-electron chi connectivity index (χ1n) is 6.75. The van der Waals surface area contributed by atoms with Gasteiger partial charge in [0.25, 0.3) is 0 Å². The fourth-order valence-corrected chi connectivity index (χ4v) is 3.82. The van der Waals surface area contributed by atoms with Crippen LogP contribution >= 0.6 is 0 Å². The van der Waals surface area contributed by atoms with Gasteiger partial charge in [-0.05, 0) is 30.5 Å². The molecule has 1 saturated heterocycles. The van der Waals surface area contributed by atoms with Gasteiger partial charge in [0, 0.05) is 25.7 Å². The molecule has 19 heavy (non-hydrogen) atoms. The molecule has 0 spiro atoms. The highest BCUT2D eigenvalue weighted by Crippen LogP contribution is 2.20. The number of hydrogen-bond donors (Lipinski definition) is 1. The Morgan fingerprint density at radius 1 is 1.26 bits per heavy atom. The summed E-state index contributed by atoms with van der Waals surface area (Å²) in [5.41, 5.74) is 1.16. The van der Waals surface area contributed by atoms with Gasteiger partial charge >= 0.3 is 0 Å². The molecule has 0 aromatic heterocycles. The average molecular weight is 282 g/mol. The summed E-state index contributed by atoms with van der Waals surface area (Å²) in [6, 6.07) is 7.46. The molecule has 1 fully saturated rings. The summed E-state index contributed by atoms with van der Waals surface area (Å²) in [5.74, 6) is 0.413. The largest absolute Gasteiger partial charge is 0.312 e. The number of piperazine rings is 1. The van der Waals surface area contributed by atoms with Crippen molar-refractivity contribution >= 4 is 10.0 Å². The van der Waals surface area contributed by atoms with E-state index in [0.717, 1.165) is 5.56 Å². The van der Waals surface area contributed by atoms with Crippen LogP contribution in [0.15, 0.2) is 29.2 Å². The van der Waals surface area contributed by atoms with Gasteiger partial charge in [0.05, 0.1) is 4.90 Å². The van der Waals surface area contributed by atoms with Gasteiger partial charge in [0.2, 0.25) is 10.0 Å². The van der Waals surface area contributed by atoms with Gasteiger partial charge < -0.3 is 5.32 Å². The van der Waals surface area contributed by atoms with E-state index in [1.54, 1.807) is 16.4 Å². The zero-order valence-corrected chi connectivity index (χ0v) is 12.6. The fourth-order valence-electron chi connectivity index (χ4n) is 2.29. The van der Waals surface area contributed by atoms with E-state index in [0.29, 0.717) is 30.4 Å². The Balaban J connectivity index is 2.23. The van der Waals surface area contributed by atoms with Crippen LogP contribution in [0.4, 0.5) is 0 Å². The molecule has 106 valence electrons. The van der Waals surface area contributed by atoms with Crippen molar-refractivity contribution in [3.05, 3.63) is 29.8 Å². The molecule has 0 aliphatic carbocycles. The molecule has 4 nitrogen and oxygen atoms in total. The maximum atomic E-state index is 12.5. The van der Waals surface area contributed by atoms with Gasteiger partial charge in [-0.3, -0.25) is 0 Å². The number of nitrogens with one attached hydrogen (secondary N) is 1. The maximum Gasteiger partial charge on any atom is 0.243 e. The number of hydrogen-bond acceptors (Lipinski definition) is 3. The molecule has 1 aliphatic heterocycles. The molecule has 0 saturated carbocycles. The summed E-state index contributed by atoms with van der Waals surface area (Å²) in [4.78, 5) is 0.394. The maximum absolute atomic E-state index is 12.5. The van der Waals surface area contributed by atoms with E-state index in [1.807, 2.05) is 19.1 Å². The molecular formula is C14H22N2O2S. The van der Waals surface area contributed by atoms with E-state index in [-0.39, 0.29) is 6.04 Å². The van der Waals surface area contributed by atoms with Gasteiger partial charge in [-0.2, -0.15) is 4.31 Å². The van der Waals surface area contributed by atoms with Crippen molar-refractivity contribution in [3.63, 3.8) is 0 Å². The highest BCUT2D eigenvalue weighted by molar-refractivity contribution is 7.89. The molecule has 1 aromatic rings. The minimum atomic E-state index is -3.34. The van der Waals surface area contributed by atoms with Crippen molar-refractivity contribution in [2.75, 3.05) is 19.6 Å². The molecule has 0 amide bonds. The Labute approximate surface area is 115 Å². The summed E-state index contributed by atoms with van der Waals surface area (Å²) in [6.45, 7) is 7.99. The van der Waals surface area contributed by atoms with Crippen LogP contribution in [-0.4, -0.2) is 38.4 Å². The number of nitrogens with zero attached hydrogens (tertiary/aromatic N) is 1. The molecule has 1 heterocycles. The second-order valence-corrected chi connectivity index (χ2v) is 7.38. The van der Waals surface area contributed by atoms with Crippen LogP contribution in [0.25, 0.3) is 0 Å². The first-order valence-corrected chi connectivity index (χ1v) is 8.19. The first-order chi connectivity index (χ1) is 8.91. The quantitative estimate of drug-likeness (QED) is 0.919. The zero-order chi connectivity index (χ0) is 14.0. The van der Waals surface area contributed by atoms with Crippen molar-refractivity contribution in [2.45, 2.75) is 37.6 Å². The van der Waals surface area contributed by atoms with Crippen molar-refractivity contribution < 1.29 is 8.42 Å². The van der Waals surface area contributed by atoms with E-state index < -0.39 is 10.0 Å². The highest BCUT2D eigenvalue weighted by atomic mass is 32.2. The van der Waals surface area contributed by atoms with Crippen LogP contribution in [-0.2, 0) is 10.0 Å². The Morgan fingerprint density at radius 2 is 1.89 bits per heavy atom. The predicted octanol–water partition coefficient (Wildman–Crippen LogP) is 1.79. The molecule has 1 unspecified atom stereocenters. The third-order valence-electron chi connectivity index (χ3n) is 3.52. The lowest BCUT2D eigenvalue weighted by molar-refractivity contribution is 0.310. The minimum Gasteiger partial charge on any atom is -0.312 e. The Morgan fingerprint density at radius 3 is 2.42 bits per heavy atom. The zero-order valence-electron chi connectivity index (χ0n) is 11.8. The summed E-state index contributed by atoms with van der Waals surface area (Å²) in [7, 11) is -3.34. The van der Waals surface area contributed by atoms with E-state index in [4.69, 9.17) is 0 Å². The van der Waals surface area contributed by atoms with Crippen LogP contribution in [0.3, 0.4) is 0 Å². The molecule has 2 rings (SSSR count). The second kappa shape index (κ2) is 5.61. The number of rotatable bonds is 3. The Hall–Kier alpha value is -0.910. The molecule has 0 bridgehead atoms. The molecule has 0 radical (unpaired) electrons. The second-order valence-electron chi connectivity index (χ2n) is 5.44. The van der Waals surface area contributed by atoms with Gasteiger partial charge in [0.1, 0.15) is 0 Å². The Bertz CT molecular complexity index is 523. The van der Waals surface area contributed by atoms with Gasteiger partial charge in [-0.1, -0.05) is 26.0 Å². The molecular weight excluding hydrogens is 260 g/mol. The molecule has 5 heteroatoms. The van der Waals surface area contributed by atoms with Crippen molar-refractivity contribution in [2.24, 2.45) is 0 Å². The summed E-state index contributed by atoms with van der Waals surface area (Å²) < 4.78 is 26.6. The smallest absolute Gasteiger partial charge is 0.243 e. The SMILES string of the molecule is CC1CN(S(=O)(=O)c2ccc(C(C)C)cc2)CCN1. The third kappa shape index (κ3) is 3.16. The van der Waals surface area contributed by atoms with Crippen LogP contribution in [0.5, 0.6) is 0 Å². The molecule has 1 aliphatic rings. The van der Waals surface area contributed by atoms with Gasteiger partial charge in [0.15, 0.2) is 0 Å². The summed E-state index contributed by atoms with van der Waals surface area (Å²) >= 11 is 0. The number of benzene rings is 1. The van der Waals surface area contributed by atoms with Gasteiger partial charge in [-0.25, -0.2) is 8.42 Å². The lowest BCUT2D eigenvalue weighted by Crippen LogP contribution is -2.51. The fraction of sp³-hybridized carbons (Fsp3) is 0.571. The lowest BCUT2D eigenvalue weighted by Gasteiger charge is -2.31. The summed E-state index contributed by atoms with van der Waals surface area (Å²) in [6.07, 6.45) is 0. The van der Waals surface area contributed by atoms with Crippen LogP contribution in [0, 0.1) is 0 Å². The van der Waals surface area contributed by atoms with Crippen molar-refractivity contribution in [1.29, 1.82) is 0 Å². The topological polar surface area (TPSA) is 49.4 Å². The highest BCUT2D eigenvalue weighted by Gasteiger charge is 2.28. The van der Waals surface area contributed by atoms with E-state index >= 15 is 0 Å². The molecule has 1 N–H and O–H groups in total. The van der Waals surface area contributed by atoms with E-state index in [9.17, 15) is 8.42 Å². The molecule has 1 atom stereocenters. The normalized spacial score (nSPS) is 21.8. The van der Waals surface area contributed by atoms with Crippen molar-refractivity contribution in [3.8, 4) is 0 Å². The summed E-state index contributed by atoms with van der Waals surface area (Å²) in [5, 5.41) is 3.25. The Kier molecular flexibility index (Phi) is 4.28. The van der Waals surface area contributed by atoms with E-state index in [1.165, 1.54) is 0 Å². The standard InChI is InChI=1S/C14H22N2O2S/c1-11(2)13-4-6-14(7-5-13)19(17,18)16-9-8-15-12(3)10-16/h4-7,11-12,15H,8-10H2,1-3H3. The molecule has 1 aromatic carbocycles. The van der Waals surface area contributed by atoms with Crippen molar-refractivity contribution in [1.82, 2.24) is 9.62 Å². The van der Waals surface area contributed by atoms with Crippen LogP contribution in [0.1, 0.15) is 32.3 Å². The van der Waals surface area contributed by atoms with Gasteiger partial charge in [-0.15, -0.1) is 0 Å². The number of sulfonamides is 1. The monoisotopic (exact) mass is 282 g/mol. The third-order valence-corrected chi connectivity index (χ3v) is 5.40. The van der Waals surface area contributed by atoms with Crippen LogP contribution < -0.4 is 5.32 Å². The van der Waals surface area contributed by atoms with E-state index in [2.05, 4.69) is 19.2 Å². The van der Waals surface area contributed by atoms with Crippen LogP contribution in [0.2, 0.25) is 0 Å². The predicted molar refractivity (Wildman–Crippen MR) is 76.8 cm³/mol. The first kappa shape index (κ1) is 14.5. The lowest BCUT2D eigenvalue weighted by atomic mass is 10.0. The minimum absolute atomic E-state index is 0.207.